The van der Waals surface area contributed by atoms with Gasteiger partial charge in [0.1, 0.15) is 11.0 Å². The molecule has 22 heavy (non-hydrogen) atoms. The zero-order valence-corrected chi connectivity index (χ0v) is 12.9. The summed E-state index contributed by atoms with van der Waals surface area (Å²) in [5.74, 6) is -0.869. The number of aromatic nitrogens is 2. The van der Waals surface area contributed by atoms with E-state index in [4.69, 9.17) is 27.9 Å². The summed E-state index contributed by atoms with van der Waals surface area (Å²) >= 11 is 11.3. The Morgan fingerprint density at radius 1 is 1.14 bits per heavy atom. The van der Waals surface area contributed by atoms with Crippen molar-refractivity contribution in [3.8, 4) is 0 Å². The highest BCUT2D eigenvalue weighted by molar-refractivity contribution is 6.30. The zero-order valence-electron chi connectivity index (χ0n) is 11.4. The largest absolute Gasteiger partial charge is 0.449 e. The topological polar surface area (TPSA) is 81.2 Å². The lowest BCUT2D eigenvalue weighted by atomic mass is 10.3. The molecule has 0 saturated carbocycles. The Balaban J connectivity index is 1.94. The Kier molecular flexibility index (Phi) is 5.30. The van der Waals surface area contributed by atoms with Crippen molar-refractivity contribution in [1.82, 2.24) is 9.97 Å². The minimum Gasteiger partial charge on any atom is -0.449 e. The first-order valence-corrected chi connectivity index (χ1v) is 6.96. The second-order valence-electron chi connectivity index (χ2n) is 4.27. The van der Waals surface area contributed by atoms with Crippen LogP contribution in [0.5, 0.6) is 0 Å². The lowest BCUT2D eigenvalue weighted by Gasteiger charge is -2.13. The van der Waals surface area contributed by atoms with E-state index in [9.17, 15) is 9.59 Å². The normalized spacial score (nSPS) is 11.6. The van der Waals surface area contributed by atoms with Crippen LogP contribution < -0.4 is 5.32 Å². The van der Waals surface area contributed by atoms with Crippen LogP contribution in [0, 0.1) is 0 Å². The maximum absolute atomic E-state index is 11.9. The van der Waals surface area contributed by atoms with E-state index in [0.29, 0.717) is 10.8 Å². The average Bonchev–Trinajstić information content (AvgIpc) is 2.50. The van der Waals surface area contributed by atoms with E-state index >= 15 is 0 Å². The number of nitrogens with one attached hydrogen (secondary N) is 1. The van der Waals surface area contributed by atoms with E-state index in [-0.39, 0.29) is 10.7 Å². The van der Waals surface area contributed by atoms with Crippen LogP contribution >= 0.6 is 23.2 Å². The summed E-state index contributed by atoms with van der Waals surface area (Å²) in [6.45, 7) is 1.45. The summed E-state index contributed by atoms with van der Waals surface area (Å²) in [6.07, 6.45) is 1.67. The summed E-state index contributed by atoms with van der Waals surface area (Å²) in [7, 11) is 0. The number of pyridine rings is 2. The van der Waals surface area contributed by atoms with Gasteiger partial charge in [0.05, 0.1) is 10.6 Å². The number of carbonyl (C=O) groups is 2. The quantitative estimate of drug-likeness (QED) is 0.684. The van der Waals surface area contributed by atoms with Gasteiger partial charge in [0, 0.05) is 12.4 Å². The molecule has 0 aliphatic carbocycles. The number of amides is 1. The second kappa shape index (κ2) is 7.20. The first kappa shape index (κ1) is 16.2. The molecule has 2 aromatic rings. The zero-order chi connectivity index (χ0) is 16.1. The van der Waals surface area contributed by atoms with Crippen molar-refractivity contribution in [1.29, 1.82) is 0 Å². The molecule has 0 radical (unpaired) electrons. The van der Waals surface area contributed by atoms with Gasteiger partial charge in [-0.25, -0.2) is 14.8 Å². The van der Waals surface area contributed by atoms with E-state index in [1.54, 1.807) is 6.07 Å². The van der Waals surface area contributed by atoms with Crippen molar-refractivity contribution >= 4 is 40.9 Å². The van der Waals surface area contributed by atoms with Gasteiger partial charge in [-0.1, -0.05) is 23.2 Å². The van der Waals surface area contributed by atoms with Gasteiger partial charge in [-0.05, 0) is 31.2 Å². The molecule has 2 aromatic heterocycles. The van der Waals surface area contributed by atoms with Crippen LogP contribution in [0.2, 0.25) is 10.2 Å². The number of hydrogen-bond acceptors (Lipinski definition) is 5. The van der Waals surface area contributed by atoms with Crippen molar-refractivity contribution < 1.29 is 14.3 Å². The molecule has 0 saturated heterocycles. The monoisotopic (exact) mass is 339 g/mol. The molecule has 0 aliphatic heterocycles. The number of hydrogen-bond donors (Lipinski definition) is 1. The molecule has 0 aromatic carbocycles. The van der Waals surface area contributed by atoms with E-state index in [1.807, 2.05) is 0 Å². The van der Waals surface area contributed by atoms with Crippen LogP contribution in [-0.2, 0) is 9.53 Å². The fraction of sp³-hybridized carbons (Fsp3) is 0.143. The number of ether oxygens (including phenoxy) is 1. The molecule has 1 amide bonds. The third-order valence-corrected chi connectivity index (χ3v) is 3.04. The molecule has 1 N–H and O–H groups in total. The molecular formula is C14H11Cl2N3O3. The molecule has 0 spiro atoms. The number of nitrogens with zero attached hydrogens (tertiary/aromatic N) is 2. The minimum absolute atomic E-state index is 0.202. The molecule has 0 fully saturated rings. The van der Waals surface area contributed by atoms with Crippen LogP contribution in [0.4, 0.5) is 5.82 Å². The van der Waals surface area contributed by atoms with Crippen molar-refractivity contribution in [2.24, 2.45) is 0 Å². The molecule has 0 bridgehead atoms. The standard InChI is InChI=1S/C14H11Cl2N3O3/c1-8(13(20)19-12-5-3-10(15)7-18-12)22-14(21)9-2-4-11(16)17-6-9/h2-8H,1H3,(H,18,19,20)/t8-/m1/s1. The molecule has 114 valence electrons. The summed E-state index contributed by atoms with van der Waals surface area (Å²) < 4.78 is 5.05. The Morgan fingerprint density at radius 3 is 2.50 bits per heavy atom. The van der Waals surface area contributed by atoms with Crippen molar-refractivity contribution in [2.75, 3.05) is 5.32 Å². The summed E-state index contributed by atoms with van der Waals surface area (Å²) in [5, 5.41) is 3.22. The van der Waals surface area contributed by atoms with Crippen molar-refractivity contribution in [3.63, 3.8) is 0 Å². The minimum atomic E-state index is -0.999. The summed E-state index contributed by atoms with van der Waals surface area (Å²) in [5.41, 5.74) is 0.202. The molecule has 0 unspecified atom stereocenters. The van der Waals surface area contributed by atoms with E-state index < -0.39 is 18.0 Å². The summed E-state index contributed by atoms with van der Waals surface area (Å²) in [6, 6.07) is 6.04. The highest BCUT2D eigenvalue weighted by Gasteiger charge is 2.19. The van der Waals surface area contributed by atoms with Crippen molar-refractivity contribution in [2.45, 2.75) is 13.0 Å². The van der Waals surface area contributed by atoms with Gasteiger partial charge in [-0.3, -0.25) is 4.79 Å². The van der Waals surface area contributed by atoms with E-state index in [0.717, 1.165) is 0 Å². The van der Waals surface area contributed by atoms with Crippen LogP contribution in [0.3, 0.4) is 0 Å². The number of halogens is 2. The fourth-order valence-electron chi connectivity index (χ4n) is 1.46. The highest BCUT2D eigenvalue weighted by Crippen LogP contribution is 2.11. The van der Waals surface area contributed by atoms with Crippen LogP contribution in [-0.4, -0.2) is 27.9 Å². The first-order chi connectivity index (χ1) is 10.5. The Labute approximate surface area is 136 Å². The SMILES string of the molecule is C[C@@H](OC(=O)c1ccc(Cl)nc1)C(=O)Nc1ccc(Cl)cn1. The highest BCUT2D eigenvalue weighted by atomic mass is 35.5. The van der Waals surface area contributed by atoms with Gasteiger partial charge < -0.3 is 10.1 Å². The van der Waals surface area contributed by atoms with Gasteiger partial charge in [0.25, 0.3) is 5.91 Å². The number of carbonyl (C=O) groups excluding carboxylic acids is 2. The summed E-state index contributed by atoms with van der Waals surface area (Å²) in [4.78, 5) is 31.5. The lowest BCUT2D eigenvalue weighted by molar-refractivity contribution is -0.123. The van der Waals surface area contributed by atoms with Gasteiger partial charge in [0.15, 0.2) is 6.10 Å². The van der Waals surface area contributed by atoms with E-state index in [2.05, 4.69) is 15.3 Å². The molecule has 6 nitrogen and oxygen atoms in total. The Bertz CT molecular complexity index is 675. The maximum atomic E-state index is 11.9. The molecule has 1 atom stereocenters. The number of esters is 1. The predicted molar refractivity (Wildman–Crippen MR) is 82.0 cm³/mol. The second-order valence-corrected chi connectivity index (χ2v) is 5.09. The average molecular weight is 340 g/mol. The third kappa shape index (κ3) is 4.41. The van der Waals surface area contributed by atoms with Crippen molar-refractivity contribution in [3.05, 3.63) is 52.4 Å². The van der Waals surface area contributed by atoms with Gasteiger partial charge >= 0.3 is 5.97 Å². The molecule has 8 heteroatoms. The maximum Gasteiger partial charge on any atom is 0.340 e. The first-order valence-electron chi connectivity index (χ1n) is 6.20. The lowest BCUT2D eigenvalue weighted by Crippen LogP contribution is -2.30. The number of rotatable bonds is 4. The van der Waals surface area contributed by atoms with Gasteiger partial charge in [-0.2, -0.15) is 0 Å². The molecule has 0 aliphatic rings. The Hall–Kier alpha value is -2.18. The van der Waals surface area contributed by atoms with Crippen LogP contribution in [0.25, 0.3) is 0 Å². The predicted octanol–water partition coefficient (Wildman–Crippen LogP) is 2.97. The number of anilines is 1. The third-order valence-electron chi connectivity index (χ3n) is 2.59. The Morgan fingerprint density at radius 2 is 1.91 bits per heavy atom. The van der Waals surface area contributed by atoms with Gasteiger partial charge in [0.2, 0.25) is 0 Å². The van der Waals surface area contributed by atoms with E-state index in [1.165, 1.54) is 37.5 Å². The van der Waals surface area contributed by atoms with Gasteiger partial charge in [-0.15, -0.1) is 0 Å². The fourth-order valence-corrected chi connectivity index (χ4v) is 1.68. The smallest absolute Gasteiger partial charge is 0.340 e. The molecular weight excluding hydrogens is 329 g/mol. The molecule has 2 heterocycles. The van der Waals surface area contributed by atoms with Crippen LogP contribution in [0.1, 0.15) is 17.3 Å². The molecule has 2 rings (SSSR count). The van der Waals surface area contributed by atoms with Crippen LogP contribution in [0.15, 0.2) is 36.7 Å².